The van der Waals surface area contributed by atoms with E-state index in [4.69, 9.17) is 9.26 Å². The number of aryl methyl sites for hydroxylation is 1. The number of nitrogens with zero attached hydrogens (tertiary/aromatic N) is 3. The van der Waals surface area contributed by atoms with Gasteiger partial charge in [-0.05, 0) is 43.3 Å². The van der Waals surface area contributed by atoms with Crippen molar-refractivity contribution in [1.82, 2.24) is 15.0 Å². The molecule has 0 saturated heterocycles. The highest BCUT2D eigenvalue weighted by atomic mass is 32.2. The minimum atomic E-state index is 0.00442. The Labute approximate surface area is 162 Å². The van der Waals surface area contributed by atoms with Crippen LogP contribution < -0.4 is 4.74 Å². The first-order chi connectivity index (χ1) is 13.0. The highest BCUT2D eigenvalue weighted by molar-refractivity contribution is 8.00. The average molecular weight is 383 g/mol. The van der Waals surface area contributed by atoms with E-state index in [1.807, 2.05) is 55.5 Å². The van der Waals surface area contributed by atoms with Crippen molar-refractivity contribution in [3.63, 3.8) is 0 Å². The molecule has 0 atom stereocenters. The zero-order valence-corrected chi connectivity index (χ0v) is 16.3. The fourth-order valence-electron chi connectivity index (χ4n) is 2.36. The van der Waals surface area contributed by atoms with Gasteiger partial charge in [-0.1, -0.05) is 22.9 Å². The Morgan fingerprint density at radius 1 is 1.15 bits per heavy atom. The summed E-state index contributed by atoms with van der Waals surface area (Å²) in [5, 5.41) is 3.99. The third kappa shape index (κ3) is 5.10. The summed E-state index contributed by atoms with van der Waals surface area (Å²) in [6, 6.07) is 15.5. The van der Waals surface area contributed by atoms with Gasteiger partial charge in [-0.3, -0.25) is 4.79 Å². The molecule has 1 aromatic heterocycles. The molecule has 0 aliphatic rings. The van der Waals surface area contributed by atoms with E-state index in [0.29, 0.717) is 17.5 Å². The molecule has 1 amide bonds. The van der Waals surface area contributed by atoms with E-state index in [-0.39, 0.29) is 12.5 Å². The Balaban J connectivity index is 1.55. The summed E-state index contributed by atoms with van der Waals surface area (Å²) < 4.78 is 10.4. The molecular weight excluding hydrogens is 362 g/mol. The summed E-state index contributed by atoms with van der Waals surface area (Å²) in [6.07, 6.45) is 0. The smallest absolute Gasteiger partial charge is 0.246 e. The molecule has 0 bridgehead atoms. The van der Waals surface area contributed by atoms with Crippen molar-refractivity contribution in [3.8, 4) is 17.1 Å². The Morgan fingerprint density at radius 3 is 2.52 bits per heavy atom. The van der Waals surface area contributed by atoms with E-state index >= 15 is 0 Å². The van der Waals surface area contributed by atoms with Gasteiger partial charge < -0.3 is 14.2 Å². The maximum Gasteiger partial charge on any atom is 0.246 e. The van der Waals surface area contributed by atoms with Crippen LogP contribution in [0.15, 0.2) is 57.9 Å². The molecule has 3 aromatic rings. The van der Waals surface area contributed by atoms with Gasteiger partial charge in [0, 0.05) is 17.5 Å². The number of amides is 1. The number of methoxy groups -OCH3 is 1. The molecule has 7 heteroatoms. The Kier molecular flexibility index (Phi) is 6.13. The standard InChI is InChI=1S/C20H21N3O3S/c1-14-4-10-17(11-5-14)27-13-19(24)23(2)12-18-21-20(22-26-18)15-6-8-16(25-3)9-7-15/h4-11H,12-13H2,1-3H3. The minimum Gasteiger partial charge on any atom is -0.497 e. The zero-order valence-electron chi connectivity index (χ0n) is 15.5. The molecule has 140 valence electrons. The number of carbonyl (C=O) groups excluding carboxylic acids is 1. The van der Waals surface area contributed by atoms with Gasteiger partial charge in [0.05, 0.1) is 19.4 Å². The van der Waals surface area contributed by atoms with E-state index in [0.717, 1.165) is 16.2 Å². The predicted octanol–water partition coefficient (Wildman–Crippen LogP) is 3.80. The van der Waals surface area contributed by atoms with Crippen LogP contribution in [-0.2, 0) is 11.3 Å². The second kappa shape index (κ2) is 8.73. The fourth-order valence-corrected chi connectivity index (χ4v) is 3.20. The van der Waals surface area contributed by atoms with E-state index in [9.17, 15) is 4.79 Å². The second-order valence-corrected chi connectivity index (χ2v) is 7.14. The molecule has 0 saturated carbocycles. The number of aromatic nitrogens is 2. The fraction of sp³-hybridized carbons (Fsp3) is 0.250. The van der Waals surface area contributed by atoms with Crippen LogP contribution in [0, 0.1) is 6.92 Å². The van der Waals surface area contributed by atoms with Crippen molar-refractivity contribution < 1.29 is 14.1 Å². The van der Waals surface area contributed by atoms with Crippen LogP contribution in [0.1, 0.15) is 11.5 Å². The normalized spacial score (nSPS) is 10.6. The number of rotatable bonds is 7. The van der Waals surface area contributed by atoms with Crippen molar-refractivity contribution in [3.05, 3.63) is 60.0 Å². The lowest BCUT2D eigenvalue weighted by Crippen LogP contribution is -2.27. The molecule has 0 spiro atoms. The number of benzene rings is 2. The van der Waals surface area contributed by atoms with Crippen LogP contribution in [-0.4, -0.2) is 40.9 Å². The van der Waals surface area contributed by atoms with Crippen molar-refractivity contribution in [1.29, 1.82) is 0 Å². The van der Waals surface area contributed by atoms with Crippen molar-refractivity contribution in [2.45, 2.75) is 18.4 Å². The highest BCUT2D eigenvalue weighted by Crippen LogP contribution is 2.21. The first-order valence-corrected chi connectivity index (χ1v) is 9.44. The maximum absolute atomic E-state index is 12.3. The number of thioether (sulfide) groups is 1. The molecule has 2 aromatic carbocycles. The molecule has 0 aliphatic heterocycles. The summed E-state index contributed by atoms with van der Waals surface area (Å²) in [5.74, 6) is 2.02. The third-order valence-corrected chi connectivity index (χ3v) is 4.99. The first kappa shape index (κ1) is 19.0. The average Bonchev–Trinajstić information content (AvgIpc) is 3.15. The van der Waals surface area contributed by atoms with Gasteiger partial charge in [0.2, 0.25) is 17.6 Å². The number of ether oxygens (including phenoxy) is 1. The van der Waals surface area contributed by atoms with Crippen molar-refractivity contribution in [2.75, 3.05) is 19.9 Å². The SMILES string of the molecule is COc1ccc(-c2noc(CN(C)C(=O)CSc3ccc(C)cc3)n2)cc1. The van der Waals surface area contributed by atoms with Gasteiger partial charge >= 0.3 is 0 Å². The van der Waals surface area contributed by atoms with Gasteiger partial charge in [-0.25, -0.2) is 0 Å². The lowest BCUT2D eigenvalue weighted by Gasteiger charge is -2.14. The number of hydrogen-bond donors (Lipinski definition) is 0. The second-order valence-electron chi connectivity index (χ2n) is 6.09. The Hall–Kier alpha value is -2.80. The first-order valence-electron chi connectivity index (χ1n) is 8.45. The summed E-state index contributed by atoms with van der Waals surface area (Å²) in [4.78, 5) is 19.4. The molecule has 0 fully saturated rings. The molecule has 27 heavy (non-hydrogen) atoms. The van der Waals surface area contributed by atoms with Crippen LogP contribution in [0.25, 0.3) is 11.4 Å². The molecule has 1 heterocycles. The van der Waals surface area contributed by atoms with Gasteiger partial charge in [0.1, 0.15) is 5.75 Å². The largest absolute Gasteiger partial charge is 0.497 e. The Morgan fingerprint density at radius 2 is 1.85 bits per heavy atom. The van der Waals surface area contributed by atoms with Gasteiger partial charge in [-0.15, -0.1) is 11.8 Å². The van der Waals surface area contributed by atoms with Gasteiger partial charge in [-0.2, -0.15) is 4.98 Å². The number of hydrogen-bond acceptors (Lipinski definition) is 6. The molecule has 6 nitrogen and oxygen atoms in total. The van der Waals surface area contributed by atoms with Gasteiger partial charge in [0.15, 0.2) is 0 Å². The zero-order chi connectivity index (χ0) is 19.2. The summed E-state index contributed by atoms with van der Waals surface area (Å²) in [7, 11) is 3.35. The molecule has 0 unspecified atom stereocenters. The Bertz CT molecular complexity index is 892. The molecule has 0 aliphatic carbocycles. The van der Waals surface area contributed by atoms with Crippen molar-refractivity contribution in [2.24, 2.45) is 0 Å². The van der Waals surface area contributed by atoms with Crippen LogP contribution in [0.2, 0.25) is 0 Å². The molecule has 0 N–H and O–H groups in total. The number of carbonyl (C=O) groups is 1. The monoisotopic (exact) mass is 383 g/mol. The lowest BCUT2D eigenvalue weighted by molar-refractivity contribution is -0.127. The van der Waals surface area contributed by atoms with E-state index < -0.39 is 0 Å². The van der Waals surface area contributed by atoms with Crippen LogP contribution in [0.3, 0.4) is 0 Å². The van der Waals surface area contributed by atoms with E-state index in [2.05, 4.69) is 10.1 Å². The van der Waals surface area contributed by atoms with E-state index in [1.165, 1.54) is 17.3 Å². The van der Waals surface area contributed by atoms with Gasteiger partial charge in [0.25, 0.3) is 0 Å². The lowest BCUT2D eigenvalue weighted by atomic mass is 10.2. The quantitative estimate of drug-likeness (QED) is 0.578. The van der Waals surface area contributed by atoms with E-state index in [1.54, 1.807) is 19.1 Å². The van der Waals surface area contributed by atoms with Crippen molar-refractivity contribution >= 4 is 17.7 Å². The molecular formula is C20H21N3O3S. The molecule has 0 radical (unpaired) electrons. The van der Waals surface area contributed by atoms with Crippen LogP contribution in [0.4, 0.5) is 0 Å². The maximum atomic E-state index is 12.3. The van der Waals surface area contributed by atoms with Crippen LogP contribution >= 0.6 is 11.8 Å². The minimum absolute atomic E-state index is 0.00442. The summed E-state index contributed by atoms with van der Waals surface area (Å²) in [6.45, 7) is 2.31. The molecule has 3 rings (SSSR count). The highest BCUT2D eigenvalue weighted by Gasteiger charge is 2.15. The summed E-state index contributed by atoms with van der Waals surface area (Å²) >= 11 is 1.51. The topological polar surface area (TPSA) is 68.5 Å². The summed E-state index contributed by atoms with van der Waals surface area (Å²) in [5.41, 5.74) is 2.03. The van der Waals surface area contributed by atoms with Crippen LogP contribution in [0.5, 0.6) is 5.75 Å². The predicted molar refractivity (Wildman–Crippen MR) is 105 cm³/mol. The third-order valence-electron chi connectivity index (χ3n) is 4.00.